The average molecular weight is 583 g/mol. The molecule has 0 aliphatic carbocycles. The lowest BCUT2D eigenvalue weighted by Gasteiger charge is -2.23. The van der Waals surface area contributed by atoms with Crippen LogP contribution in [0.4, 0.5) is 0 Å². The second-order valence-electron chi connectivity index (χ2n) is 8.73. The van der Waals surface area contributed by atoms with E-state index in [9.17, 15) is 31.6 Å². The first kappa shape index (κ1) is 30.0. The molecule has 0 aliphatic heterocycles. The van der Waals surface area contributed by atoms with E-state index >= 15 is 0 Å². The summed E-state index contributed by atoms with van der Waals surface area (Å²) in [4.78, 5) is 0. The van der Waals surface area contributed by atoms with Gasteiger partial charge < -0.3 is 24.4 Å². The van der Waals surface area contributed by atoms with E-state index in [1.807, 2.05) is 0 Å². The van der Waals surface area contributed by atoms with Gasteiger partial charge in [-0.2, -0.15) is 16.8 Å². The number of ether oxygens (including phenoxy) is 3. The first-order valence-electron chi connectivity index (χ1n) is 11.7. The molecule has 1 unspecified atom stereocenters. The number of aromatic hydroxyl groups is 2. The molecule has 3 aromatic carbocycles. The van der Waals surface area contributed by atoms with Gasteiger partial charge in [-0.3, -0.25) is 9.11 Å². The highest BCUT2D eigenvalue weighted by molar-refractivity contribution is 7.86. The molecule has 13 heteroatoms. The van der Waals surface area contributed by atoms with Crippen LogP contribution >= 0.6 is 0 Å². The van der Waals surface area contributed by atoms with Gasteiger partial charge in [0, 0.05) is 17.5 Å². The molecule has 11 nitrogen and oxygen atoms in total. The van der Waals surface area contributed by atoms with Crippen LogP contribution in [0.2, 0.25) is 0 Å². The molecule has 3 aromatic rings. The molecule has 0 radical (unpaired) electrons. The van der Waals surface area contributed by atoms with Crippen molar-refractivity contribution >= 4 is 20.2 Å². The predicted octanol–water partition coefficient (Wildman–Crippen LogP) is 3.48. The van der Waals surface area contributed by atoms with E-state index in [4.69, 9.17) is 18.8 Å². The SMILES string of the molecule is COc1cccc(CC(CS(=O)(=O)O)Oc2ccc(CCCS(=O)(=O)O)c(-c3ccc(O)cc3)c2OC)c1O. The third-order valence-electron chi connectivity index (χ3n) is 5.86. The largest absolute Gasteiger partial charge is 0.508 e. The highest BCUT2D eigenvalue weighted by atomic mass is 32.2. The van der Waals surface area contributed by atoms with Crippen LogP contribution in [0.3, 0.4) is 0 Å². The van der Waals surface area contributed by atoms with Crippen molar-refractivity contribution in [1.82, 2.24) is 0 Å². The summed E-state index contributed by atoms with van der Waals surface area (Å²) < 4.78 is 81.6. The van der Waals surface area contributed by atoms with Gasteiger partial charge in [-0.15, -0.1) is 0 Å². The molecule has 0 heterocycles. The van der Waals surface area contributed by atoms with Crippen molar-refractivity contribution in [3.8, 4) is 39.9 Å². The Labute approximate surface area is 227 Å². The normalized spacial score (nSPS) is 12.6. The Morgan fingerprint density at radius 1 is 0.795 bits per heavy atom. The molecular weight excluding hydrogens is 552 g/mol. The molecule has 0 aliphatic rings. The van der Waals surface area contributed by atoms with Crippen molar-refractivity contribution in [3.63, 3.8) is 0 Å². The van der Waals surface area contributed by atoms with Crippen LogP contribution in [0.25, 0.3) is 11.1 Å². The molecule has 3 rings (SSSR count). The molecule has 0 amide bonds. The van der Waals surface area contributed by atoms with E-state index in [-0.39, 0.29) is 48.0 Å². The third kappa shape index (κ3) is 8.48. The van der Waals surface area contributed by atoms with E-state index in [1.54, 1.807) is 30.3 Å². The van der Waals surface area contributed by atoms with E-state index in [0.29, 0.717) is 22.3 Å². The standard InChI is InChI=1S/C26H30O11S2/c1-35-22-7-3-5-19(25(22)28)15-21(16-39(32,33)34)37-23-13-10-17(6-4-14-38(29,30)31)24(26(23)36-2)18-8-11-20(27)12-9-18/h3,5,7-13,21,27-28H,4,6,14-16H2,1-2H3,(H,29,30,31)(H,32,33,34). The van der Waals surface area contributed by atoms with Gasteiger partial charge in [-0.05, 0) is 48.2 Å². The maximum atomic E-state index is 11.8. The van der Waals surface area contributed by atoms with Crippen molar-refractivity contribution < 1.29 is 50.4 Å². The van der Waals surface area contributed by atoms with E-state index < -0.39 is 37.8 Å². The van der Waals surface area contributed by atoms with Gasteiger partial charge in [-0.25, -0.2) is 0 Å². The zero-order chi connectivity index (χ0) is 28.8. The number of rotatable bonds is 13. The Morgan fingerprint density at radius 2 is 1.49 bits per heavy atom. The van der Waals surface area contributed by atoms with Gasteiger partial charge in [0.15, 0.2) is 23.0 Å². The molecular formula is C26H30O11S2. The predicted molar refractivity (Wildman–Crippen MR) is 144 cm³/mol. The Balaban J connectivity index is 2.06. The Kier molecular flexibility index (Phi) is 9.67. The third-order valence-corrected chi connectivity index (χ3v) is 7.45. The zero-order valence-corrected chi connectivity index (χ0v) is 22.9. The lowest BCUT2D eigenvalue weighted by atomic mass is 9.95. The summed E-state index contributed by atoms with van der Waals surface area (Å²) in [5.74, 6) is -0.935. The number of methoxy groups -OCH3 is 2. The molecule has 4 N–H and O–H groups in total. The second kappa shape index (κ2) is 12.6. The van der Waals surface area contributed by atoms with Crippen molar-refractivity contribution in [2.75, 3.05) is 25.7 Å². The number of hydrogen-bond acceptors (Lipinski definition) is 9. The number of hydrogen-bond donors (Lipinski definition) is 4. The van der Waals surface area contributed by atoms with Gasteiger partial charge in [-0.1, -0.05) is 30.3 Å². The fourth-order valence-electron chi connectivity index (χ4n) is 4.19. The quantitative estimate of drug-likeness (QED) is 0.217. The van der Waals surface area contributed by atoms with Gasteiger partial charge in [0.05, 0.1) is 20.0 Å². The number of aryl methyl sites for hydroxylation is 1. The summed E-state index contributed by atoms with van der Waals surface area (Å²) in [5, 5.41) is 20.2. The van der Waals surface area contributed by atoms with Gasteiger partial charge in [0.1, 0.15) is 17.6 Å². The molecule has 0 saturated heterocycles. The number of benzene rings is 3. The lowest BCUT2D eigenvalue weighted by Crippen LogP contribution is -2.29. The summed E-state index contributed by atoms with van der Waals surface area (Å²) in [6.07, 6.45) is -0.937. The van der Waals surface area contributed by atoms with Crippen LogP contribution in [0.5, 0.6) is 28.7 Å². The van der Waals surface area contributed by atoms with E-state index in [2.05, 4.69) is 0 Å². The second-order valence-corrected chi connectivity index (χ2v) is 11.8. The van der Waals surface area contributed by atoms with E-state index in [1.165, 1.54) is 38.5 Å². The first-order chi connectivity index (χ1) is 18.3. The molecule has 0 bridgehead atoms. The number of para-hydroxylation sites is 1. The van der Waals surface area contributed by atoms with Crippen LogP contribution in [-0.4, -0.2) is 68.0 Å². The minimum absolute atomic E-state index is 0.0179. The van der Waals surface area contributed by atoms with Crippen molar-refractivity contribution in [1.29, 1.82) is 0 Å². The summed E-state index contributed by atoms with van der Waals surface area (Å²) in [6.45, 7) is 0. The molecule has 1 atom stereocenters. The summed E-state index contributed by atoms with van der Waals surface area (Å²) in [5.41, 5.74) is 2.06. The molecule has 0 saturated carbocycles. The number of phenols is 2. The topological polar surface area (TPSA) is 177 Å². The van der Waals surface area contributed by atoms with Crippen molar-refractivity contribution in [3.05, 3.63) is 65.7 Å². The summed E-state index contributed by atoms with van der Waals surface area (Å²) >= 11 is 0. The molecule has 0 spiro atoms. The summed E-state index contributed by atoms with van der Waals surface area (Å²) in [6, 6.07) is 14.0. The minimum Gasteiger partial charge on any atom is -0.508 e. The van der Waals surface area contributed by atoms with Crippen molar-refractivity contribution in [2.45, 2.75) is 25.4 Å². The average Bonchev–Trinajstić information content (AvgIpc) is 2.84. The number of phenolic OH excluding ortho intramolecular Hbond substituents is 2. The van der Waals surface area contributed by atoms with E-state index in [0.717, 1.165) is 0 Å². The smallest absolute Gasteiger partial charge is 0.268 e. The Hall–Kier alpha value is -3.52. The van der Waals surface area contributed by atoms with Crippen LogP contribution in [0.1, 0.15) is 17.5 Å². The summed E-state index contributed by atoms with van der Waals surface area (Å²) in [7, 11) is -5.92. The Morgan fingerprint density at radius 3 is 2.08 bits per heavy atom. The first-order valence-corrected chi connectivity index (χ1v) is 14.9. The zero-order valence-electron chi connectivity index (χ0n) is 21.3. The molecule has 0 aromatic heterocycles. The molecule has 0 fully saturated rings. The monoisotopic (exact) mass is 582 g/mol. The van der Waals surface area contributed by atoms with Crippen LogP contribution in [0.15, 0.2) is 54.6 Å². The molecule has 212 valence electrons. The fourth-order valence-corrected chi connectivity index (χ4v) is 5.35. The lowest BCUT2D eigenvalue weighted by molar-refractivity contribution is 0.210. The highest BCUT2D eigenvalue weighted by Gasteiger charge is 2.25. The Bertz CT molecular complexity index is 1500. The van der Waals surface area contributed by atoms with Gasteiger partial charge in [0.25, 0.3) is 20.2 Å². The van der Waals surface area contributed by atoms with Gasteiger partial charge >= 0.3 is 0 Å². The molecule has 39 heavy (non-hydrogen) atoms. The van der Waals surface area contributed by atoms with Crippen LogP contribution in [-0.2, 0) is 33.1 Å². The van der Waals surface area contributed by atoms with Gasteiger partial charge in [0.2, 0.25) is 0 Å². The fraction of sp³-hybridized carbons (Fsp3) is 0.308. The maximum Gasteiger partial charge on any atom is 0.268 e. The van der Waals surface area contributed by atoms with Crippen molar-refractivity contribution in [2.24, 2.45) is 0 Å². The maximum absolute atomic E-state index is 11.8. The van der Waals surface area contributed by atoms with Crippen LogP contribution in [0, 0.1) is 0 Å². The highest BCUT2D eigenvalue weighted by Crippen LogP contribution is 2.42. The van der Waals surface area contributed by atoms with Crippen LogP contribution < -0.4 is 14.2 Å². The minimum atomic E-state index is -4.50.